The molecule has 1 aliphatic rings. The van der Waals surface area contributed by atoms with Gasteiger partial charge in [-0.1, -0.05) is 13.8 Å². The van der Waals surface area contributed by atoms with Gasteiger partial charge in [-0.2, -0.15) is 12.7 Å². The van der Waals surface area contributed by atoms with Crippen molar-refractivity contribution in [1.29, 1.82) is 0 Å². The Balaban J connectivity index is 2.57. The Kier molecular flexibility index (Phi) is 1.74. The first kappa shape index (κ1) is 8.30. The predicted molar refractivity (Wildman–Crippen MR) is 40.1 cm³/mol. The third kappa shape index (κ3) is 1.62. The van der Waals surface area contributed by atoms with E-state index in [-0.39, 0.29) is 5.41 Å². The van der Waals surface area contributed by atoms with E-state index < -0.39 is 9.24 Å². The molecule has 0 radical (unpaired) electrons. The Hall–Kier alpha value is 0.200. The number of rotatable bonds is 1. The molecule has 0 amide bonds. The number of hydrogen-bond donors (Lipinski definition) is 0. The van der Waals surface area contributed by atoms with Gasteiger partial charge in [0.2, 0.25) is 0 Å². The van der Waals surface area contributed by atoms with Crippen LogP contribution in [0.2, 0.25) is 0 Å². The molecule has 0 saturated carbocycles. The van der Waals surface area contributed by atoms with Gasteiger partial charge in [-0.15, -0.1) is 0 Å². The highest BCUT2D eigenvalue weighted by Gasteiger charge is 2.40. The maximum atomic E-state index is 10.6. The first-order valence-electron chi connectivity index (χ1n) is 3.01. The molecule has 0 atom stereocenters. The van der Waals surface area contributed by atoms with Gasteiger partial charge < -0.3 is 0 Å². The molecule has 0 aromatic heterocycles. The van der Waals surface area contributed by atoms with Gasteiger partial charge in [0, 0.05) is 23.8 Å². The van der Waals surface area contributed by atoms with Crippen molar-refractivity contribution >= 4 is 19.9 Å². The number of nitrogens with zero attached hydrogens (tertiary/aromatic N) is 1. The largest absolute Gasteiger partial charge is 0.299 e. The molecule has 0 N–H and O–H groups in total. The van der Waals surface area contributed by atoms with Crippen molar-refractivity contribution in [2.45, 2.75) is 13.8 Å². The van der Waals surface area contributed by atoms with E-state index in [0.29, 0.717) is 13.1 Å². The Morgan fingerprint density at radius 1 is 1.40 bits per heavy atom. The summed E-state index contributed by atoms with van der Waals surface area (Å²) in [7, 11) is 1.63. The monoisotopic (exact) mass is 183 g/mol. The minimum absolute atomic E-state index is 0.113. The van der Waals surface area contributed by atoms with Crippen LogP contribution in [0.1, 0.15) is 13.8 Å². The molecule has 5 heteroatoms. The van der Waals surface area contributed by atoms with Crippen LogP contribution in [-0.4, -0.2) is 25.8 Å². The lowest BCUT2D eigenvalue weighted by Crippen LogP contribution is -2.53. The predicted octanol–water partition coefficient (Wildman–Crippen LogP) is 0.812. The summed E-state index contributed by atoms with van der Waals surface area (Å²) in [6, 6.07) is 0. The Morgan fingerprint density at radius 2 is 1.80 bits per heavy atom. The zero-order valence-electron chi connectivity index (χ0n) is 5.96. The highest BCUT2D eigenvalue weighted by atomic mass is 35.7. The summed E-state index contributed by atoms with van der Waals surface area (Å²) in [6.45, 7) is 5.09. The molecule has 60 valence electrons. The normalized spacial score (nSPS) is 25.9. The van der Waals surface area contributed by atoms with Crippen LogP contribution in [0.4, 0.5) is 0 Å². The van der Waals surface area contributed by atoms with Crippen molar-refractivity contribution < 1.29 is 8.42 Å². The topological polar surface area (TPSA) is 37.4 Å². The van der Waals surface area contributed by atoms with E-state index in [2.05, 4.69) is 0 Å². The van der Waals surface area contributed by atoms with E-state index in [4.69, 9.17) is 10.7 Å². The zero-order valence-corrected chi connectivity index (χ0v) is 7.54. The first-order chi connectivity index (χ1) is 4.31. The molecule has 1 aliphatic heterocycles. The molecular formula is C5H10ClNO2S. The average molecular weight is 184 g/mol. The van der Waals surface area contributed by atoms with E-state index in [1.165, 1.54) is 4.31 Å². The van der Waals surface area contributed by atoms with Crippen molar-refractivity contribution in [1.82, 2.24) is 4.31 Å². The van der Waals surface area contributed by atoms with Crippen molar-refractivity contribution in [3.8, 4) is 0 Å². The summed E-state index contributed by atoms with van der Waals surface area (Å²) in [5, 5.41) is 0. The van der Waals surface area contributed by atoms with E-state index in [9.17, 15) is 8.42 Å². The van der Waals surface area contributed by atoms with Gasteiger partial charge >= 0.3 is 0 Å². The second-order valence-corrected chi connectivity index (χ2v) is 5.88. The fourth-order valence-electron chi connectivity index (χ4n) is 1.06. The lowest BCUT2D eigenvalue weighted by molar-refractivity contribution is 0.114. The molecule has 1 fully saturated rings. The molecule has 3 nitrogen and oxygen atoms in total. The van der Waals surface area contributed by atoms with Gasteiger partial charge in [-0.05, 0) is 5.41 Å². The molecule has 10 heavy (non-hydrogen) atoms. The first-order valence-corrected chi connectivity index (χ1v) is 5.28. The lowest BCUT2D eigenvalue weighted by atomic mass is 9.87. The number of halogens is 1. The van der Waals surface area contributed by atoms with Crippen LogP contribution in [-0.2, 0) is 9.24 Å². The molecule has 0 unspecified atom stereocenters. The Labute approximate surface area is 65.5 Å². The van der Waals surface area contributed by atoms with Gasteiger partial charge in [0.25, 0.3) is 9.24 Å². The van der Waals surface area contributed by atoms with Crippen molar-refractivity contribution in [2.75, 3.05) is 13.1 Å². The van der Waals surface area contributed by atoms with E-state index in [0.717, 1.165) is 0 Å². The highest BCUT2D eigenvalue weighted by Crippen LogP contribution is 2.31. The van der Waals surface area contributed by atoms with Crippen LogP contribution in [0.25, 0.3) is 0 Å². The fraction of sp³-hybridized carbons (Fsp3) is 1.00. The highest BCUT2D eigenvalue weighted by molar-refractivity contribution is 8.11. The van der Waals surface area contributed by atoms with Crippen LogP contribution in [0.3, 0.4) is 0 Å². The van der Waals surface area contributed by atoms with Gasteiger partial charge in [0.1, 0.15) is 0 Å². The molecule has 0 aromatic rings. The van der Waals surface area contributed by atoms with Crippen molar-refractivity contribution in [3.63, 3.8) is 0 Å². The second-order valence-electron chi connectivity index (χ2n) is 3.37. The smallest absolute Gasteiger partial charge is 0.195 e. The SMILES string of the molecule is CC1(C)CN(S(=O)(=O)Cl)C1. The number of hydrogen-bond acceptors (Lipinski definition) is 2. The third-order valence-electron chi connectivity index (χ3n) is 1.52. The quantitative estimate of drug-likeness (QED) is 0.565. The standard InChI is InChI=1S/C5H10ClNO2S/c1-5(2)3-7(4-5)10(6,8)9/h3-4H2,1-2H3. The van der Waals surface area contributed by atoms with Crippen molar-refractivity contribution in [2.24, 2.45) is 5.41 Å². The molecule has 0 aromatic carbocycles. The summed E-state index contributed by atoms with van der Waals surface area (Å²) < 4.78 is 22.4. The van der Waals surface area contributed by atoms with E-state index in [1.54, 1.807) is 0 Å². The molecule has 1 heterocycles. The second kappa shape index (κ2) is 2.09. The van der Waals surface area contributed by atoms with Crippen LogP contribution in [0.15, 0.2) is 0 Å². The van der Waals surface area contributed by atoms with Gasteiger partial charge in [-0.3, -0.25) is 0 Å². The molecule has 0 spiro atoms. The van der Waals surface area contributed by atoms with E-state index >= 15 is 0 Å². The molecule has 0 aliphatic carbocycles. The maximum Gasteiger partial charge on any atom is 0.299 e. The summed E-state index contributed by atoms with van der Waals surface area (Å²) in [5.74, 6) is 0. The summed E-state index contributed by atoms with van der Waals surface area (Å²) >= 11 is 0. The van der Waals surface area contributed by atoms with Crippen LogP contribution >= 0.6 is 10.7 Å². The summed E-state index contributed by atoms with van der Waals surface area (Å²) in [6.07, 6.45) is 0. The Morgan fingerprint density at radius 3 is 1.90 bits per heavy atom. The van der Waals surface area contributed by atoms with Gasteiger partial charge in [0.15, 0.2) is 0 Å². The molecule has 1 rings (SSSR count). The zero-order chi connectivity index (χ0) is 7.99. The van der Waals surface area contributed by atoms with Gasteiger partial charge in [-0.25, -0.2) is 0 Å². The van der Waals surface area contributed by atoms with Crippen LogP contribution in [0, 0.1) is 5.41 Å². The van der Waals surface area contributed by atoms with Crippen LogP contribution < -0.4 is 0 Å². The lowest BCUT2D eigenvalue weighted by Gasteiger charge is -2.42. The van der Waals surface area contributed by atoms with Gasteiger partial charge in [0.05, 0.1) is 0 Å². The Bertz CT molecular complexity index is 226. The minimum atomic E-state index is -3.43. The molecule has 1 saturated heterocycles. The fourth-order valence-corrected chi connectivity index (χ4v) is 2.36. The van der Waals surface area contributed by atoms with E-state index in [1.807, 2.05) is 13.8 Å². The molecule has 0 bridgehead atoms. The maximum absolute atomic E-state index is 10.6. The summed E-state index contributed by atoms with van der Waals surface area (Å²) in [5.41, 5.74) is 0.113. The third-order valence-corrected chi connectivity index (χ3v) is 2.98. The minimum Gasteiger partial charge on any atom is -0.195 e. The van der Waals surface area contributed by atoms with Crippen LogP contribution in [0.5, 0.6) is 0 Å². The summed E-state index contributed by atoms with van der Waals surface area (Å²) in [4.78, 5) is 0. The molecular weight excluding hydrogens is 174 g/mol. The average Bonchev–Trinajstić information content (AvgIpc) is 1.56. The van der Waals surface area contributed by atoms with Crippen molar-refractivity contribution in [3.05, 3.63) is 0 Å².